The van der Waals surface area contributed by atoms with Crippen LogP contribution in [0.2, 0.25) is 0 Å². The molecule has 5 heteroatoms. The Morgan fingerprint density at radius 3 is 2.69 bits per heavy atom. The van der Waals surface area contributed by atoms with Gasteiger partial charge < -0.3 is 5.73 Å². The van der Waals surface area contributed by atoms with Gasteiger partial charge in [-0.2, -0.15) is 4.72 Å². The maximum atomic E-state index is 11.7. The van der Waals surface area contributed by atoms with Crippen LogP contribution in [0.25, 0.3) is 0 Å². The van der Waals surface area contributed by atoms with Gasteiger partial charge in [0, 0.05) is 5.69 Å². The van der Waals surface area contributed by atoms with Crippen LogP contribution in [-0.4, -0.2) is 15.0 Å². The number of sulfonamides is 1. The topological polar surface area (TPSA) is 72.2 Å². The molecular formula is C11H14N2O2S. The smallest absolute Gasteiger partial charge is 0.241 e. The van der Waals surface area contributed by atoms with E-state index in [1.54, 1.807) is 13.0 Å². The summed E-state index contributed by atoms with van der Waals surface area (Å²) in [5.74, 6) is 5.24. The van der Waals surface area contributed by atoms with Crippen molar-refractivity contribution < 1.29 is 8.42 Å². The first-order valence-corrected chi connectivity index (χ1v) is 6.21. The third-order valence-corrected chi connectivity index (χ3v) is 3.49. The molecule has 86 valence electrons. The predicted molar refractivity (Wildman–Crippen MR) is 64.2 cm³/mol. The van der Waals surface area contributed by atoms with Crippen molar-refractivity contribution in [2.24, 2.45) is 0 Å². The molecular weight excluding hydrogens is 224 g/mol. The van der Waals surface area contributed by atoms with Crippen LogP contribution in [0.4, 0.5) is 5.69 Å². The molecule has 0 amide bonds. The molecule has 3 N–H and O–H groups in total. The Morgan fingerprint density at radius 2 is 2.12 bits per heavy atom. The van der Waals surface area contributed by atoms with E-state index in [2.05, 4.69) is 16.6 Å². The largest absolute Gasteiger partial charge is 0.398 e. The fourth-order valence-electron chi connectivity index (χ4n) is 1.09. The Labute approximate surface area is 95.9 Å². The zero-order chi connectivity index (χ0) is 12.2. The standard InChI is InChI=1S/C11H14N2O2S/c1-3-4-7-13-16(14,15)10-6-5-9(2)11(12)8-10/h5-6,8,13H,7,12H2,1-2H3. The van der Waals surface area contributed by atoms with Crippen LogP contribution in [-0.2, 0) is 10.0 Å². The summed E-state index contributed by atoms with van der Waals surface area (Å²) in [6.07, 6.45) is 0. The molecule has 0 bridgehead atoms. The molecule has 1 aromatic carbocycles. The maximum absolute atomic E-state index is 11.7. The van der Waals surface area contributed by atoms with Gasteiger partial charge in [0.2, 0.25) is 10.0 Å². The lowest BCUT2D eigenvalue weighted by Crippen LogP contribution is -2.24. The SMILES string of the molecule is CC#CCNS(=O)(=O)c1ccc(C)c(N)c1. The van der Waals surface area contributed by atoms with Gasteiger partial charge in [0.05, 0.1) is 11.4 Å². The average molecular weight is 238 g/mol. The van der Waals surface area contributed by atoms with Crippen molar-refractivity contribution in [3.05, 3.63) is 23.8 Å². The molecule has 0 aromatic heterocycles. The van der Waals surface area contributed by atoms with Crippen molar-refractivity contribution in [2.75, 3.05) is 12.3 Å². The minimum atomic E-state index is -3.50. The van der Waals surface area contributed by atoms with Gasteiger partial charge in [-0.3, -0.25) is 0 Å². The Balaban J connectivity index is 2.97. The average Bonchev–Trinajstić information content (AvgIpc) is 2.22. The fraction of sp³-hybridized carbons (Fsp3) is 0.273. The number of nitrogens with two attached hydrogens (primary N) is 1. The summed E-state index contributed by atoms with van der Waals surface area (Å²) >= 11 is 0. The lowest BCUT2D eigenvalue weighted by molar-refractivity contribution is 0.586. The van der Waals surface area contributed by atoms with Crippen molar-refractivity contribution in [3.63, 3.8) is 0 Å². The summed E-state index contributed by atoms with van der Waals surface area (Å²) < 4.78 is 25.8. The normalized spacial score (nSPS) is 10.6. The van der Waals surface area contributed by atoms with E-state index in [-0.39, 0.29) is 11.4 Å². The lowest BCUT2D eigenvalue weighted by Gasteiger charge is -2.06. The number of nitrogen functional groups attached to an aromatic ring is 1. The molecule has 0 aliphatic rings. The van der Waals surface area contributed by atoms with Gasteiger partial charge in [-0.15, -0.1) is 5.92 Å². The molecule has 0 spiro atoms. The van der Waals surface area contributed by atoms with Crippen LogP contribution in [0, 0.1) is 18.8 Å². The van der Waals surface area contributed by atoms with Crippen molar-refractivity contribution >= 4 is 15.7 Å². The van der Waals surface area contributed by atoms with Gasteiger partial charge in [-0.25, -0.2) is 8.42 Å². The summed E-state index contributed by atoms with van der Waals surface area (Å²) in [5, 5.41) is 0. The molecule has 16 heavy (non-hydrogen) atoms. The summed E-state index contributed by atoms with van der Waals surface area (Å²) in [6.45, 7) is 3.58. The minimum absolute atomic E-state index is 0.104. The molecule has 4 nitrogen and oxygen atoms in total. The molecule has 0 aliphatic heterocycles. The van der Waals surface area contributed by atoms with Gasteiger partial charge in [0.1, 0.15) is 0 Å². The predicted octanol–water partition coefficient (Wildman–Crippen LogP) is 0.879. The van der Waals surface area contributed by atoms with Crippen LogP contribution in [0.5, 0.6) is 0 Å². The third-order valence-electron chi connectivity index (χ3n) is 2.09. The zero-order valence-electron chi connectivity index (χ0n) is 9.24. The summed E-state index contributed by atoms with van der Waals surface area (Å²) in [4.78, 5) is 0.161. The van der Waals surface area contributed by atoms with Crippen molar-refractivity contribution in [2.45, 2.75) is 18.7 Å². The summed E-state index contributed by atoms with van der Waals surface area (Å²) in [6, 6.07) is 4.64. The molecule has 0 radical (unpaired) electrons. The highest BCUT2D eigenvalue weighted by molar-refractivity contribution is 7.89. The van der Waals surface area contributed by atoms with Gasteiger partial charge in [0.25, 0.3) is 0 Å². The van der Waals surface area contributed by atoms with Crippen LogP contribution in [0.1, 0.15) is 12.5 Å². The van der Waals surface area contributed by atoms with E-state index < -0.39 is 10.0 Å². The third kappa shape index (κ3) is 2.99. The second kappa shape index (κ2) is 5.01. The van der Waals surface area contributed by atoms with Crippen LogP contribution in [0.3, 0.4) is 0 Å². The molecule has 0 atom stereocenters. The zero-order valence-corrected chi connectivity index (χ0v) is 10.1. The first-order valence-electron chi connectivity index (χ1n) is 4.73. The molecule has 1 rings (SSSR count). The molecule has 1 aromatic rings. The second-order valence-electron chi connectivity index (χ2n) is 3.27. The number of hydrogen-bond donors (Lipinski definition) is 2. The van der Waals surface area contributed by atoms with Gasteiger partial charge in [0.15, 0.2) is 0 Å². The van der Waals surface area contributed by atoms with Crippen LogP contribution in [0.15, 0.2) is 23.1 Å². The number of rotatable bonds is 3. The van der Waals surface area contributed by atoms with Gasteiger partial charge in [-0.05, 0) is 31.5 Å². The van der Waals surface area contributed by atoms with E-state index in [4.69, 9.17) is 5.73 Å². The van der Waals surface area contributed by atoms with Crippen molar-refractivity contribution in [1.82, 2.24) is 4.72 Å². The van der Waals surface area contributed by atoms with Gasteiger partial charge in [-0.1, -0.05) is 12.0 Å². The molecule has 0 saturated carbocycles. The summed E-state index contributed by atoms with van der Waals surface area (Å²) in [7, 11) is -3.50. The maximum Gasteiger partial charge on any atom is 0.241 e. The highest BCUT2D eigenvalue weighted by Crippen LogP contribution is 2.16. The monoisotopic (exact) mass is 238 g/mol. The number of aryl methyl sites for hydroxylation is 1. The highest BCUT2D eigenvalue weighted by atomic mass is 32.2. The quantitative estimate of drug-likeness (QED) is 0.606. The summed E-state index contributed by atoms with van der Waals surface area (Å²) in [5.41, 5.74) is 6.97. The Hall–Kier alpha value is -1.51. The van der Waals surface area contributed by atoms with Crippen LogP contribution >= 0.6 is 0 Å². The highest BCUT2D eigenvalue weighted by Gasteiger charge is 2.13. The molecule has 0 fully saturated rings. The number of nitrogens with one attached hydrogen (secondary N) is 1. The number of benzene rings is 1. The molecule has 0 aliphatic carbocycles. The Morgan fingerprint density at radius 1 is 1.44 bits per heavy atom. The van der Waals surface area contributed by atoms with E-state index in [1.807, 2.05) is 6.92 Å². The second-order valence-corrected chi connectivity index (χ2v) is 5.04. The lowest BCUT2D eigenvalue weighted by atomic mass is 10.2. The van der Waals surface area contributed by atoms with E-state index in [0.29, 0.717) is 5.69 Å². The Kier molecular flexibility index (Phi) is 3.93. The fourth-order valence-corrected chi connectivity index (χ4v) is 2.05. The van der Waals surface area contributed by atoms with E-state index in [9.17, 15) is 8.42 Å². The van der Waals surface area contributed by atoms with Gasteiger partial charge >= 0.3 is 0 Å². The number of anilines is 1. The van der Waals surface area contributed by atoms with E-state index in [0.717, 1.165) is 5.56 Å². The first-order chi connectivity index (χ1) is 7.47. The minimum Gasteiger partial charge on any atom is -0.398 e. The van der Waals surface area contributed by atoms with E-state index in [1.165, 1.54) is 12.1 Å². The molecule has 0 unspecified atom stereocenters. The molecule has 0 heterocycles. The van der Waals surface area contributed by atoms with Crippen molar-refractivity contribution in [3.8, 4) is 11.8 Å². The van der Waals surface area contributed by atoms with E-state index >= 15 is 0 Å². The Bertz CT molecular complexity index is 539. The van der Waals surface area contributed by atoms with Crippen molar-refractivity contribution in [1.29, 1.82) is 0 Å². The molecule has 0 saturated heterocycles. The first kappa shape index (κ1) is 12.6. The number of hydrogen-bond acceptors (Lipinski definition) is 3. The van der Waals surface area contributed by atoms with Crippen LogP contribution < -0.4 is 10.5 Å².